The minimum atomic E-state index is -3.75. The maximum atomic E-state index is 14.1. The molecule has 2 atom stereocenters. The van der Waals surface area contributed by atoms with Crippen molar-refractivity contribution in [1.29, 1.82) is 0 Å². The summed E-state index contributed by atoms with van der Waals surface area (Å²) >= 11 is 0. The second-order valence-corrected chi connectivity index (χ2v) is 10.3. The number of urea groups is 1. The summed E-state index contributed by atoms with van der Waals surface area (Å²) in [5, 5.41) is 12.3. The monoisotopic (exact) mass is 471 g/mol. The average molecular weight is 472 g/mol. The highest BCUT2D eigenvalue weighted by molar-refractivity contribution is 7.89. The number of amides is 3. The molecule has 1 saturated heterocycles. The number of aliphatic hydroxyl groups excluding tert-OH is 1. The first-order valence-corrected chi connectivity index (χ1v) is 12.5. The predicted octanol–water partition coefficient (Wildman–Crippen LogP) is 1.68. The minimum absolute atomic E-state index is 0.0226. The van der Waals surface area contributed by atoms with Crippen LogP contribution in [0.3, 0.4) is 0 Å². The Morgan fingerprint density at radius 2 is 2.00 bits per heavy atom. The van der Waals surface area contributed by atoms with Crippen LogP contribution >= 0.6 is 0 Å². The Kier molecular flexibility index (Phi) is 8.07. The number of nitrogens with one attached hydrogen (secondary N) is 2. The van der Waals surface area contributed by atoms with Gasteiger partial charge in [0.25, 0.3) is 0 Å². The largest absolute Gasteiger partial charge is 0.493 e. The van der Waals surface area contributed by atoms with Crippen LogP contribution in [0.2, 0.25) is 0 Å². The molecule has 2 fully saturated rings. The fourth-order valence-corrected chi connectivity index (χ4v) is 4.90. The van der Waals surface area contributed by atoms with E-state index in [2.05, 4.69) is 10.0 Å². The third kappa shape index (κ3) is 7.42. The maximum absolute atomic E-state index is 14.1. The Morgan fingerprint density at radius 1 is 1.25 bits per heavy atom. The molecule has 1 aliphatic heterocycles. The first kappa shape index (κ1) is 24.4. The Hall–Kier alpha value is -2.24. The topological polar surface area (TPSA) is 125 Å². The molecule has 1 aromatic carbocycles. The molecular weight excluding hydrogens is 441 g/mol. The second-order valence-electron chi connectivity index (χ2n) is 8.47. The molecule has 3 N–H and O–H groups in total. The summed E-state index contributed by atoms with van der Waals surface area (Å²) in [6.07, 6.45) is 2.51. The Balaban J connectivity index is 1.51. The van der Waals surface area contributed by atoms with E-state index in [0.29, 0.717) is 49.6 Å². The molecule has 9 nitrogen and oxygen atoms in total. The fourth-order valence-electron chi connectivity index (χ4n) is 3.48. The molecule has 0 bridgehead atoms. The van der Waals surface area contributed by atoms with Gasteiger partial charge in [0, 0.05) is 12.6 Å². The Labute approximate surface area is 187 Å². The highest BCUT2D eigenvalue weighted by Crippen LogP contribution is 2.31. The highest BCUT2D eigenvalue weighted by Gasteiger charge is 2.27. The number of carbonyl (C=O) groups excluding carboxylic acids is 2. The Morgan fingerprint density at radius 3 is 2.62 bits per heavy atom. The number of hydrogen-bond donors (Lipinski definition) is 3. The van der Waals surface area contributed by atoms with Crippen molar-refractivity contribution in [2.75, 3.05) is 25.4 Å². The van der Waals surface area contributed by atoms with Gasteiger partial charge in [0.05, 0.1) is 24.5 Å². The van der Waals surface area contributed by atoms with E-state index >= 15 is 0 Å². The van der Waals surface area contributed by atoms with Gasteiger partial charge in [0.15, 0.2) is 0 Å². The number of halogens is 1. The molecule has 1 aliphatic carbocycles. The van der Waals surface area contributed by atoms with Gasteiger partial charge in [0.2, 0.25) is 15.9 Å². The zero-order valence-electron chi connectivity index (χ0n) is 18.0. The summed E-state index contributed by atoms with van der Waals surface area (Å²) in [5.74, 6) is -0.303. The zero-order valence-corrected chi connectivity index (χ0v) is 18.9. The van der Waals surface area contributed by atoms with Crippen LogP contribution in [0.25, 0.3) is 0 Å². The number of nitrogens with zero attached hydrogens (tertiary/aromatic N) is 1. The fraction of sp³-hybridized carbons (Fsp3) is 0.619. The molecule has 32 heavy (non-hydrogen) atoms. The van der Waals surface area contributed by atoms with Crippen molar-refractivity contribution >= 4 is 22.0 Å². The van der Waals surface area contributed by atoms with Crippen LogP contribution in [0.15, 0.2) is 18.2 Å². The van der Waals surface area contributed by atoms with Gasteiger partial charge in [-0.2, -0.15) is 0 Å². The third-order valence-electron chi connectivity index (χ3n) is 5.43. The van der Waals surface area contributed by atoms with Crippen LogP contribution in [0.5, 0.6) is 5.75 Å². The summed E-state index contributed by atoms with van der Waals surface area (Å²) in [6, 6.07) is 2.53. The minimum Gasteiger partial charge on any atom is -0.493 e. The predicted molar refractivity (Wildman–Crippen MR) is 115 cm³/mol. The molecule has 0 spiro atoms. The van der Waals surface area contributed by atoms with Crippen LogP contribution in [0.1, 0.15) is 50.6 Å². The average Bonchev–Trinajstić information content (AvgIpc) is 3.47. The molecule has 2 aliphatic rings. The van der Waals surface area contributed by atoms with E-state index in [1.807, 2.05) is 0 Å². The molecule has 1 aromatic rings. The molecule has 0 radical (unpaired) electrons. The molecule has 3 rings (SSSR count). The van der Waals surface area contributed by atoms with E-state index in [1.54, 1.807) is 6.07 Å². The molecule has 0 aromatic heterocycles. The van der Waals surface area contributed by atoms with Crippen LogP contribution in [0, 0.1) is 11.7 Å². The molecule has 178 valence electrons. The van der Waals surface area contributed by atoms with E-state index in [1.165, 1.54) is 24.0 Å². The number of aliphatic hydroxyl groups is 1. The van der Waals surface area contributed by atoms with Crippen molar-refractivity contribution in [3.63, 3.8) is 0 Å². The van der Waals surface area contributed by atoms with Gasteiger partial charge in [-0.1, -0.05) is 6.42 Å². The second kappa shape index (κ2) is 10.6. The number of imide groups is 1. The quantitative estimate of drug-likeness (QED) is 0.297. The lowest BCUT2D eigenvalue weighted by Gasteiger charge is -2.23. The summed E-state index contributed by atoms with van der Waals surface area (Å²) in [4.78, 5) is 24.0. The highest BCUT2D eigenvalue weighted by atomic mass is 32.2. The van der Waals surface area contributed by atoms with E-state index < -0.39 is 34.0 Å². The van der Waals surface area contributed by atoms with Gasteiger partial charge in [-0.3, -0.25) is 10.1 Å². The first-order valence-electron chi connectivity index (χ1n) is 10.8. The molecule has 1 saturated carbocycles. The number of sulfonamides is 1. The van der Waals surface area contributed by atoms with E-state index in [-0.39, 0.29) is 18.2 Å². The number of unbranched alkanes of at least 4 members (excludes halogenated alkanes) is 2. The van der Waals surface area contributed by atoms with E-state index in [4.69, 9.17) is 4.74 Å². The molecule has 3 amide bonds. The van der Waals surface area contributed by atoms with Gasteiger partial charge in [0.1, 0.15) is 18.1 Å². The molecule has 1 unspecified atom stereocenters. The summed E-state index contributed by atoms with van der Waals surface area (Å²) in [6.45, 7) is 2.31. The van der Waals surface area contributed by atoms with Crippen molar-refractivity contribution in [2.24, 2.45) is 5.92 Å². The molecule has 1 heterocycles. The number of rotatable bonds is 13. The van der Waals surface area contributed by atoms with E-state index in [0.717, 1.165) is 12.8 Å². The van der Waals surface area contributed by atoms with Crippen LogP contribution < -0.4 is 14.8 Å². The number of carbonyl (C=O) groups is 2. The van der Waals surface area contributed by atoms with Crippen molar-refractivity contribution in [3.05, 3.63) is 29.6 Å². The third-order valence-corrected chi connectivity index (χ3v) is 6.87. The van der Waals surface area contributed by atoms with Crippen LogP contribution in [0.4, 0.5) is 9.18 Å². The SMILES string of the molecule is CC(O)[C@@H](NS(=O)(=O)CCCCCN1CC(=O)NC1=O)c1cc(F)cc(OCC2CC2)c1. The first-order chi connectivity index (χ1) is 15.1. The van der Waals surface area contributed by atoms with Crippen LogP contribution in [-0.2, 0) is 14.8 Å². The lowest BCUT2D eigenvalue weighted by Crippen LogP contribution is -2.36. The number of ether oxygens (including phenoxy) is 1. The lowest BCUT2D eigenvalue weighted by molar-refractivity contribution is -0.118. The molecular formula is C21H30FN3O6S. The lowest BCUT2D eigenvalue weighted by atomic mass is 10.0. The number of hydrogen-bond acceptors (Lipinski definition) is 6. The summed E-state index contributed by atoms with van der Waals surface area (Å²) < 4.78 is 47.3. The van der Waals surface area contributed by atoms with Gasteiger partial charge in [-0.15, -0.1) is 0 Å². The van der Waals surface area contributed by atoms with Gasteiger partial charge < -0.3 is 14.7 Å². The normalized spacial score (nSPS) is 18.5. The Bertz CT molecular complexity index is 935. The van der Waals surface area contributed by atoms with Crippen LogP contribution in [-0.4, -0.2) is 61.9 Å². The van der Waals surface area contributed by atoms with Crippen molar-refractivity contribution in [1.82, 2.24) is 14.9 Å². The van der Waals surface area contributed by atoms with Gasteiger partial charge in [-0.05, 0) is 56.2 Å². The maximum Gasteiger partial charge on any atom is 0.324 e. The van der Waals surface area contributed by atoms with Crippen molar-refractivity contribution < 1.29 is 32.2 Å². The van der Waals surface area contributed by atoms with Gasteiger partial charge >= 0.3 is 6.03 Å². The summed E-state index contributed by atoms with van der Waals surface area (Å²) in [7, 11) is -3.75. The van der Waals surface area contributed by atoms with Crippen molar-refractivity contribution in [2.45, 2.75) is 51.2 Å². The number of benzene rings is 1. The van der Waals surface area contributed by atoms with Gasteiger partial charge in [-0.25, -0.2) is 22.3 Å². The standard InChI is InChI=1S/C21H30FN3O6S/c1-14(26)20(16-9-17(22)11-18(10-16)31-13-15-5-6-15)24-32(29,30)8-4-2-3-7-25-12-19(27)23-21(25)28/h9-11,14-15,20,24,26H,2-8,12-13H2,1H3,(H,23,27,28)/t14?,20-/m1/s1. The van der Waals surface area contributed by atoms with Crippen molar-refractivity contribution in [3.8, 4) is 5.75 Å². The van der Waals surface area contributed by atoms with E-state index in [9.17, 15) is 27.5 Å². The smallest absolute Gasteiger partial charge is 0.324 e. The summed E-state index contributed by atoms with van der Waals surface area (Å²) in [5.41, 5.74) is 0.291. The zero-order chi connectivity index (χ0) is 23.3. The molecule has 11 heteroatoms.